The number of rotatable bonds is 6. The third-order valence-electron chi connectivity index (χ3n) is 6.54. The summed E-state index contributed by atoms with van der Waals surface area (Å²) < 4.78 is 52.4. The number of nitrogens with zero attached hydrogens (tertiary/aromatic N) is 8. The Hall–Kier alpha value is -4.98. The summed E-state index contributed by atoms with van der Waals surface area (Å²) in [6.45, 7) is -0.706. The minimum Gasteiger partial charge on any atom is -0.496 e. The Morgan fingerprint density at radius 2 is 1.76 bits per heavy atom. The Balaban J connectivity index is 1.65. The van der Waals surface area contributed by atoms with Crippen molar-refractivity contribution in [2.75, 3.05) is 7.11 Å². The molecule has 0 fully saturated rings. The first-order valence-corrected chi connectivity index (χ1v) is 12.4. The quantitative estimate of drug-likeness (QED) is 0.277. The van der Waals surface area contributed by atoms with Gasteiger partial charge in [-0.15, -0.1) is 5.10 Å². The van der Waals surface area contributed by atoms with Gasteiger partial charge >= 0.3 is 5.69 Å². The van der Waals surface area contributed by atoms with Gasteiger partial charge in [0.2, 0.25) is 0 Å². The molecule has 0 aliphatic rings. The van der Waals surface area contributed by atoms with Crippen LogP contribution in [0.4, 0.5) is 13.2 Å². The van der Waals surface area contributed by atoms with Gasteiger partial charge in [-0.2, -0.15) is 5.10 Å². The molecule has 11 nitrogen and oxygen atoms in total. The topological polar surface area (TPSA) is 114 Å². The second-order valence-electron chi connectivity index (χ2n) is 9.18. The van der Waals surface area contributed by atoms with Gasteiger partial charge in [-0.05, 0) is 41.5 Å². The number of pyridine rings is 1. The standard InChI is InChI=1S/C26H18ClF3N8O3/c1-35-12-31-22(33-35)11-37-25(39)23-20(36(26(37)40)9-13-3-18(28)24(30)19(29)4-13)5-14(6-21(23)41-2)16-10-38-15(7-17(16)27)8-32-34-38/h3-8,10,12H,9,11H2,1-2H3. The highest BCUT2D eigenvalue weighted by Gasteiger charge is 2.22. The summed E-state index contributed by atoms with van der Waals surface area (Å²) in [6.07, 6.45) is 4.55. The number of halogens is 4. The summed E-state index contributed by atoms with van der Waals surface area (Å²) in [5.41, 5.74) is 0.0599. The molecule has 208 valence electrons. The van der Waals surface area contributed by atoms with Crippen molar-refractivity contribution in [3.63, 3.8) is 0 Å². The normalized spacial score (nSPS) is 11.6. The van der Waals surface area contributed by atoms with E-state index in [4.69, 9.17) is 16.3 Å². The molecule has 0 saturated heterocycles. The van der Waals surface area contributed by atoms with Crippen molar-refractivity contribution in [3.8, 4) is 16.9 Å². The fourth-order valence-electron chi connectivity index (χ4n) is 4.65. The van der Waals surface area contributed by atoms with Crippen LogP contribution in [-0.2, 0) is 20.1 Å². The molecule has 0 radical (unpaired) electrons. The lowest BCUT2D eigenvalue weighted by Gasteiger charge is -2.17. The van der Waals surface area contributed by atoms with Crippen LogP contribution in [0.15, 0.2) is 58.6 Å². The fourth-order valence-corrected chi connectivity index (χ4v) is 4.92. The number of fused-ring (bicyclic) bond motifs is 2. The van der Waals surface area contributed by atoms with Crippen LogP contribution < -0.4 is 16.0 Å². The van der Waals surface area contributed by atoms with Gasteiger partial charge in [0.25, 0.3) is 5.56 Å². The molecule has 0 amide bonds. The SMILES string of the molecule is COc1cc(-c2cn3nncc3cc2Cl)cc2c1c(=O)n(Cc1ncn(C)n1)c(=O)n2Cc1cc(F)c(F)c(F)c1. The van der Waals surface area contributed by atoms with E-state index in [0.717, 1.165) is 21.3 Å². The van der Waals surface area contributed by atoms with E-state index in [-0.39, 0.29) is 34.6 Å². The molecule has 0 atom stereocenters. The summed E-state index contributed by atoms with van der Waals surface area (Å²) >= 11 is 6.56. The minimum atomic E-state index is -1.64. The highest BCUT2D eigenvalue weighted by atomic mass is 35.5. The van der Waals surface area contributed by atoms with Crippen molar-refractivity contribution >= 4 is 28.0 Å². The Kier molecular flexibility index (Phi) is 6.33. The van der Waals surface area contributed by atoms with Crippen LogP contribution in [0.3, 0.4) is 0 Å². The highest BCUT2D eigenvalue weighted by Crippen LogP contribution is 2.35. The van der Waals surface area contributed by atoms with E-state index in [0.29, 0.717) is 21.7 Å². The molecule has 0 aliphatic heterocycles. The Labute approximate surface area is 232 Å². The van der Waals surface area contributed by atoms with E-state index in [1.165, 1.54) is 34.9 Å². The average molecular weight is 583 g/mol. The molecule has 6 aromatic rings. The van der Waals surface area contributed by atoms with E-state index >= 15 is 0 Å². The molecule has 2 aromatic carbocycles. The lowest BCUT2D eigenvalue weighted by Crippen LogP contribution is -2.41. The molecular formula is C26H18ClF3N8O3. The van der Waals surface area contributed by atoms with Gasteiger partial charge < -0.3 is 4.74 Å². The summed E-state index contributed by atoms with van der Waals surface area (Å²) in [7, 11) is 2.98. The van der Waals surface area contributed by atoms with Crippen molar-refractivity contribution in [1.82, 2.24) is 38.7 Å². The van der Waals surface area contributed by atoms with Gasteiger partial charge in [0.1, 0.15) is 17.5 Å². The average Bonchev–Trinajstić information content (AvgIpc) is 3.58. The minimum absolute atomic E-state index is 0.00722. The Bertz CT molecular complexity index is 2090. The first kappa shape index (κ1) is 26.3. The van der Waals surface area contributed by atoms with Gasteiger partial charge in [-0.25, -0.2) is 27.5 Å². The number of aromatic nitrogens is 8. The van der Waals surface area contributed by atoms with Crippen molar-refractivity contribution in [1.29, 1.82) is 0 Å². The zero-order valence-electron chi connectivity index (χ0n) is 21.3. The smallest absolute Gasteiger partial charge is 0.332 e. The maximum Gasteiger partial charge on any atom is 0.332 e. The van der Waals surface area contributed by atoms with E-state index in [9.17, 15) is 22.8 Å². The fraction of sp³-hybridized carbons (Fsp3) is 0.154. The summed E-state index contributed by atoms with van der Waals surface area (Å²) in [6, 6.07) is 6.31. The number of aryl methyl sites for hydroxylation is 1. The molecule has 4 heterocycles. The molecule has 0 aliphatic carbocycles. The molecule has 0 bridgehead atoms. The number of hydrogen-bond acceptors (Lipinski definition) is 7. The van der Waals surface area contributed by atoms with Gasteiger partial charge in [-0.1, -0.05) is 16.8 Å². The van der Waals surface area contributed by atoms with E-state index in [1.807, 2.05) is 0 Å². The zero-order chi connectivity index (χ0) is 29.0. The van der Waals surface area contributed by atoms with Crippen molar-refractivity contribution in [2.45, 2.75) is 13.1 Å². The largest absolute Gasteiger partial charge is 0.496 e. The molecule has 0 N–H and O–H groups in total. The second-order valence-corrected chi connectivity index (χ2v) is 9.59. The van der Waals surface area contributed by atoms with Gasteiger partial charge in [0.15, 0.2) is 23.3 Å². The van der Waals surface area contributed by atoms with Crippen molar-refractivity contribution in [2.24, 2.45) is 7.05 Å². The summed E-state index contributed by atoms with van der Waals surface area (Å²) in [5.74, 6) is -4.20. The highest BCUT2D eigenvalue weighted by molar-refractivity contribution is 6.33. The van der Waals surface area contributed by atoms with Crippen molar-refractivity contribution < 1.29 is 17.9 Å². The zero-order valence-corrected chi connectivity index (χ0v) is 22.1. The molecule has 6 rings (SSSR count). The molecule has 15 heteroatoms. The third-order valence-corrected chi connectivity index (χ3v) is 6.85. The first-order chi connectivity index (χ1) is 19.6. The Morgan fingerprint density at radius 1 is 1.00 bits per heavy atom. The van der Waals surface area contributed by atoms with Crippen LogP contribution in [0.2, 0.25) is 5.02 Å². The molecule has 41 heavy (non-hydrogen) atoms. The second kappa shape index (κ2) is 9.89. The summed E-state index contributed by atoms with van der Waals surface area (Å²) in [5, 5.41) is 12.3. The monoisotopic (exact) mass is 582 g/mol. The molecule has 0 saturated carbocycles. The van der Waals surface area contributed by atoms with Crippen LogP contribution in [-0.4, -0.2) is 45.8 Å². The van der Waals surface area contributed by atoms with Crippen LogP contribution in [0.25, 0.3) is 27.5 Å². The van der Waals surface area contributed by atoms with Crippen LogP contribution >= 0.6 is 11.6 Å². The van der Waals surface area contributed by atoms with Crippen LogP contribution in [0, 0.1) is 17.5 Å². The maximum atomic E-state index is 14.1. The maximum absolute atomic E-state index is 14.1. The van der Waals surface area contributed by atoms with Crippen LogP contribution in [0.5, 0.6) is 5.75 Å². The molecule has 4 aromatic heterocycles. The van der Waals surface area contributed by atoms with Gasteiger partial charge in [-0.3, -0.25) is 18.6 Å². The lowest BCUT2D eigenvalue weighted by atomic mass is 10.0. The lowest BCUT2D eigenvalue weighted by molar-refractivity contribution is 0.418. The van der Waals surface area contributed by atoms with E-state index in [1.54, 1.807) is 25.4 Å². The summed E-state index contributed by atoms with van der Waals surface area (Å²) in [4.78, 5) is 31.7. The van der Waals surface area contributed by atoms with E-state index in [2.05, 4.69) is 20.4 Å². The number of benzene rings is 2. The third kappa shape index (κ3) is 4.51. The van der Waals surface area contributed by atoms with Crippen molar-refractivity contribution in [3.05, 3.63) is 104 Å². The van der Waals surface area contributed by atoms with Crippen LogP contribution in [0.1, 0.15) is 11.4 Å². The predicted octanol–water partition coefficient (Wildman–Crippen LogP) is 3.18. The van der Waals surface area contributed by atoms with Gasteiger partial charge in [0.05, 0.1) is 42.5 Å². The van der Waals surface area contributed by atoms with E-state index < -0.39 is 35.2 Å². The predicted molar refractivity (Wildman–Crippen MR) is 142 cm³/mol. The number of ether oxygens (including phenoxy) is 1. The number of hydrogen-bond donors (Lipinski definition) is 0. The molecular weight excluding hydrogens is 565 g/mol. The first-order valence-electron chi connectivity index (χ1n) is 12.0. The van der Waals surface area contributed by atoms with Gasteiger partial charge in [0, 0.05) is 18.8 Å². The Morgan fingerprint density at radius 3 is 2.44 bits per heavy atom. The molecule has 0 unspecified atom stereocenters. The number of methoxy groups -OCH3 is 1. The molecule has 0 spiro atoms.